The molecule has 3 aromatic rings. The zero-order valence-electron chi connectivity index (χ0n) is 15.1. The Hall–Kier alpha value is -3.13. The molecular weight excluding hydrogens is 366 g/mol. The van der Waals surface area contributed by atoms with Crippen LogP contribution < -0.4 is 9.46 Å². The number of carbonyl (C=O) groups is 1. The molecule has 0 radical (unpaired) electrons. The van der Waals surface area contributed by atoms with Crippen LogP contribution in [0, 0.1) is 6.92 Å². The minimum absolute atomic E-state index is 0.147. The number of aryl methyl sites for hydroxylation is 1. The maximum Gasteiger partial charge on any atom is 0.268 e. The maximum atomic E-state index is 12.5. The first-order chi connectivity index (χ1) is 12.8. The molecule has 3 rings (SSSR count). The second kappa shape index (κ2) is 7.24. The van der Waals surface area contributed by atoms with E-state index >= 15 is 0 Å². The molecule has 2 aromatic carbocycles. The number of ether oxygens (including phenoxy) is 1. The van der Waals surface area contributed by atoms with Crippen LogP contribution in [0.3, 0.4) is 0 Å². The molecule has 0 atom stereocenters. The van der Waals surface area contributed by atoms with E-state index in [1.807, 2.05) is 35.9 Å². The molecule has 1 aromatic heterocycles. The van der Waals surface area contributed by atoms with Gasteiger partial charge in [0.2, 0.25) is 10.0 Å². The number of hydrogen-bond donors (Lipinski definition) is 1. The van der Waals surface area contributed by atoms with E-state index in [9.17, 15) is 13.2 Å². The second-order valence-corrected chi connectivity index (χ2v) is 7.86. The van der Waals surface area contributed by atoms with Crippen molar-refractivity contribution in [3.05, 3.63) is 65.9 Å². The topological polar surface area (TPSA) is 90.3 Å². The van der Waals surface area contributed by atoms with Gasteiger partial charge in [0.1, 0.15) is 11.4 Å². The van der Waals surface area contributed by atoms with Crippen LogP contribution in [0.1, 0.15) is 15.9 Å². The average molecular weight is 385 g/mol. The van der Waals surface area contributed by atoms with Crippen molar-refractivity contribution in [1.82, 2.24) is 14.5 Å². The van der Waals surface area contributed by atoms with E-state index in [0.29, 0.717) is 17.0 Å². The Morgan fingerprint density at radius 1 is 1.15 bits per heavy atom. The quantitative estimate of drug-likeness (QED) is 0.729. The lowest BCUT2D eigenvalue weighted by atomic mass is 10.1. The van der Waals surface area contributed by atoms with Gasteiger partial charge in [-0.25, -0.2) is 17.8 Å². The lowest BCUT2D eigenvalue weighted by Gasteiger charge is -2.05. The van der Waals surface area contributed by atoms with Crippen molar-refractivity contribution in [1.29, 1.82) is 0 Å². The van der Waals surface area contributed by atoms with Crippen molar-refractivity contribution in [3.8, 4) is 22.7 Å². The maximum absolute atomic E-state index is 12.5. The predicted molar refractivity (Wildman–Crippen MR) is 103 cm³/mol. The van der Waals surface area contributed by atoms with Crippen LogP contribution in [-0.4, -0.2) is 37.5 Å². The Morgan fingerprint density at radius 3 is 2.48 bits per heavy atom. The van der Waals surface area contributed by atoms with E-state index in [1.54, 1.807) is 36.1 Å². The highest BCUT2D eigenvalue weighted by Crippen LogP contribution is 2.27. The van der Waals surface area contributed by atoms with Gasteiger partial charge in [0.05, 0.1) is 24.6 Å². The summed E-state index contributed by atoms with van der Waals surface area (Å²) >= 11 is 0. The number of nitrogens with zero attached hydrogens (tertiary/aromatic N) is 2. The molecule has 0 fully saturated rings. The lowest BCUT2D eigenvalue weighted by Crippen LogP contribution is -2.29. The Labute approximate surface area is 157 Å². The molecule has 0 aliphatic carbocycles. The predicted octanol–water partition coefficient (Wildman–Crippen LogP) is 2.55. The fourth-order valence-corrected chi connectivity index (χ4v) is 3.02. The van der Waals surface area contributed by atoms with Gasteiger partial charge in [-0.05, 0) is 31.2 Å². The summed E-state index contributed by atoms with van der Waals surface area (Å²) in [4.78, 5) is 12.5. The number of rotatable bonds is 5. The molecule has 0 unspecified atom stereocenters. The minimum atomic E-state index is -3.71. The third-order valence-corrected chi connectivity index (χ3v) is 4.43. The van der Waals surface area contributed by atoms with Crippen molar-refractivity contribution in [2.24, 2.45) is 0 Å². The number of benzene rings is 2. The number of sulfonamides is 1. The Kier molecular flexibility index (Phi) is 5.00. The van der Waals surface area contributed by atoms with Gasteiger partial charge >= 0.3 is 0 Å². The van der Waals surface area contributed by atoms with Crippen LogP contribution in [0.2, 0.25) is 0 Å². The molecule has 0 spiro atoms. The van der Waals surface area contributed by atoms with Crippen molar-refractivity contribution >= 4 is 15.9 Å². The van der Waals surface area contributed by atoms with Gasteiger partial charge in [0.15, 0.2) is 0 Å². The molecule has 0 saturated heterocycles. The van der Waals surface area contributed by atoms with Gasteiger partial charge < -0.3 is 4.74 Å². The third-order valence-electron chi connectivity index (χ3n) is 3.88. The van der Waals surface area contributed by atoms with Crippen LogP contribution in [0.4, 0.5) is 0 Å². The molecule has 27 heavy (non-hydrogen) atoms. The molecule has 1 N–H and O–H groups in total. The molecule has 140 valence electrons. The Balaban J connectivity index is 2.14. The molecule has 1 amide bonds. The molecule has 0 aliphatic rings. The number of amides is 1. The number of methoxy groups -OCH3 is 1. The molecule has 0 saturated carbocycles. The smallest absolute Gasteiger partial charge is 0.268 e. The largest absolute Gasteiger partial charge is 0.497 e. The zero-order valence-corrected chi connectivity index (χ0v) is 15.9. The van der Waals surface area contributed by atoms with Gasteiger partial charge in [-0.3, -0.25) is 4.79 Å². The first kappa shape index (κ1) is 18.7. The number of carbonyl (C=O) groups excluding carboxylic acids is 1. The van der Waals surface area contributed by atoms with Crippen LogP contribution in [0.15, 0.2) is 54.7 Å². The molecule has 0 bridgehead atoms. The summed E-state index contributed by atoms with van der Waals surface area (Å²) in [5.41, 5.74) is 2.99. The molecule has 1 heterocycles. The van der Waals surface area contributed by atoms with E-state index in [0.717, 1.165) is 17.5 Å². The Bertz CT molecular complexity index is 1090. The van der Waals surface area contributed by atoms with E-state index in [1.165, 1.54) is 6.20 Å². The average Bonchev–Trinajstić information content (AvgIpc) is 3.06. The van der Waals surface area contributed by atoms with Crippen LogP contribution in [-0.2, 0) is 10.0 Å². The Morgan fingerprint density at radius 2 is 1.85 bits per heavy atom. The summed E-state index contributed by atoms with van der Waals surface area (Å²) in [6.07, 6.45) is 2.44. The molecular formula is C19H19N3O4S. The first-order valence-corrected chi connectivity index (χ1v) is 9.99. The van der Waals surface area contributed by atoms with Crippen molar-refractivity contribution in [3.63, 3.8) is 0 Å². The third kappa shape index (κ3) is 4.35. The minimum Gasteiger partial charge on any atom is -0.497 e. The van der Waals surface area contributed by atoms with Crippen LogP contribution in [0.5, 0.6) is 5.75 Å². The highest BCUT2D eigenvalue weighted by atomic mass is 32.2. The fraction of sp³-hybridized carbons (Fsp3) is 0.158. The fourth-order valence-electron chi connectivity index (χ4n) is 2.58. The molecule has 8 heteroatoms. The van der Waals surface area contributed by atoms with Crippen molar-refractivity contribution in [2.75, 3.05) is 13.4 Å². The van der Waals surface area contributed by atoms with E-state index in [4.69, 9.17) is 4.74 Å². The normalized spacial score (nSPS) is 11.2. The summed E-state index contributed by atoms with van der Waals surface area (Å²) in [7, 11) is -2.16. The van der Waals surface area contributed by atoms with E-state index < -0.39 is 15.9 Å². The van der Waals surface area contributed by atoms with E-state index in [-0.39, 0.29) is 5.56 Å². The van der Waals surface area contributed by atoms with Gasteiger partial charge in [0, 0.05) is 11.8 Å². The number of nitrogens with one attached hydrogen (secondary N) is 1. The van der Waals surface area contributed by atoms with Crippen molar-refractivity contribution in [2.45, 2.75) is 6.92 Å². The van der Waals surface area contributed by atoms with Gasteiger partial charge in [0.25, 0.3) is 5.91 Å². The summed E-state index contributed by atoms with van der Waals surface area (Å²) in [5.74, 6) is -0.138. The van der Waals surface area contributed by atoms with Gasteiger partial charge in [-0.15, -0.1) is 0 Å². The second-order valence-electron chi connectivity index (χ2n) is 6.11. The molecule has 7 nitrogen and oxygen atoms in total. The molecule has 0 aliphatic heterocycles. The first-order valence-electron chi connectivity index (χ1n) is 8.10. The zero-order chi connectivity index (χ0) is 19.6. The highest BCUT2D eigenvalue weighted by molar-refractivity contribution is 7.89. The summed E-state index contributed by atoms with van der Waals surface area (Å²) < 4.78 is 31.8. The number of aromatic nitrogens is 2. The highest BCUT2D eigenvalue weighted by Gasteiger charge is 2.21. The monoisotopic (exact) mass is 385 g/mol. The van der Waals surface area contributed by atoms with Gasteiger partial charge in [-0.2, -0.15) is 5.10 Å². The SMILES string of the molecule is COc1cccc(-c2nn(-c3ccc(C)cc3)cc2C(=O)NS(C)(=O)=O)c1. The van der Waals surface area contributed by atoms with Crippen molar-refractivity contribution < 1.29 is 17.9 Å². The lowest BCUT2D eigenvalue weighted by molar-refractivity contribution is 0.0982. The van der Waals surface area contributed by atoms with Crippen LogP contribution in [0.25, 0.3) is 16.9 Å². The number of hydrogen-bond acceptors (Lipinski definition) is 5. The van der Waals surface area contributed by atoms with Crippen LogP contribution >= 0.6 is 0 Å². The van der Waals surface area contributed by atoms with E-state index in [2.05, 4.69) is 5.10 Å². The van der Waals surface area contributed by atoms with Gasteiger partial charge in [-0.1, -0.05) is 29.8 Å². The summed E-state index contributed by atoms with van der Waals surface area (Å²) in [6, 6.07) is 14.7. The summed E-state index contributed by atoms with van der Waals surface area (Å²) in [6.45, 7) is 1.97. The summed E-state index contributed by atoms with van der Waals surface area (Å²) in [5, 5.41) is 4.51. The standard InChI is InChI=1S/C19H19N3O4S/c1-13-7-9-15(10-8-13)22-12-17(19(23)21-27(3,24)25)18(20-22)14-5-4-6-16(11-14)26-2/h4-12H,1-3H3,(H,21,23).